The van der Waals surface area contributed by atoms with Gasteiger partial charge in [-0.2, -0.15) is 0 Å². The van der Waals surface area contributed by atoms with Crippen molar-refractivity contribution in [3.63, 3.8) is 0 Å². The summed E-state index contributed by atoms with van der Waals surface area (Å²) in [4.78, 5) is 22.0. The zero-order valence-corrected chi connectivity index (χ0v) is 10.0. The molecule has 0 aromatic carbocycles. The first kappa shape index (κ1) is 13.0. The number of rotatable bonds is 4. The van der Waals surface area contributed by atoms with Crippen LogP contribution in [-0.2, 0) is 19.1 Å². The van der Waals surface area contributed by atoms with Crippen LogP contribution in [0.1, 0.15) is 52.4 Å². The Hall–Kier alpha value is -1.06. The van der Waals surface area contributed by atoms with Crippen LogP contribution in [0.15, 0.2) is 0 Å². The Bertz CT molecular complexity index is 239. The number of esters is 1. The average Bonchev–Trinajstić information content (AvgIpc) is 2.46. The van der Waals surface area contributed by atoms with Gasteiger partial charge in [0.1, 0.15) is 6.10 Å². The third-order valence-electron chi connectivity index (χ3n) is 2.91. The summed E-state index contributed by atoms with van der Waals surface area (Å²) in [6.45, 7) is 3.37. The number of hydrogen-bond donors (Lipinski definition) is 0. The molecule has 0 saturated heterocycles. The van der Waals surface area contributed by atoms with Gasteiger partial charge in [-0.25, -0.2) is 4.79 Å². The SMILES string of the molecule is CC(C)(OC=O)C(=O)OC1CCCCCC1. The molecule has 92 valence electrons. The molecule has 4 heteroatoms. The molecule has 0 heterocycles. The summed E-state index contributed by atoms with van der Waals surface area (Å²) >= 11 is 0. The van der Waals surface area contributed by atoms with Gasteiger partial charge in [0.15, 0.2) is 0 Å². The van der Waals surface area contributed by atoms with E-state index in [0.717, 1.165) is 25.7 Å². The molecule has 0 aromatic heterocycles. The highest BCUT2D eigenvalue weighted by Gasteiger charge is 2.33. The molecule has 0 spiro atoms. The van der Waals surface area contributed by atoms with Crippen LogP contribution in [-0.4, -0.2) is 24.1 Å². The maximum absolute atomic E-state index is 11.7. The van der Waals surface area contributed by atoms with Crippen LogP contribution in [0.2, 0.25) is 0 Å². The average molecular weight is 228 g/mol. The minimum Gasteiger partial charge on any atom is -0.459 e. The third kappa shape index (κ3) is 3.83. The normalized spacial score (nSPS) is 18.6. The second-order valence-corrected chi connectivity index (χ2v) is 4.74. The first-order chi connectivity index (χ1) is 7.56. The smallest absolute Gasteiger partial charge is 0.350 e. The van der Waals surface area contributed by atoms with Crippen LogP contribution in [0.3, 0.4) is 0 Å². The van der Waals surface area contributed by atoms with Gasteiger partial charge in [0.25, 0.3) is 6.47 Å². The van der Waals surface area contributed by atoms with Crippen molar-refractivity contribution in [2.75, 3.05) is 0 Å². The second kappa shape index (κ2) is 5.87. The molecule has 1 saturated carbocycles. The van der Waals surface area contributed by atoms with Gasteiger partial charge in [0.05, 0.1) is 0 Å². The minimum atomic E-state index is -1.17. The van der Waals surface area contributed by atoms with Gasteiger partial charge in [0.2, 0.25) is 5.60 Å². The Balaban J connectivity index is 2.45. The van der Waals surface area contributed by atoms with Crippen molar-refractivity contribution in [1.82, 2.24) is 0 Å². The van der Waals surface area contributed by atoms with Gasteiger partial charge in [-0.1, -0.05) is 12.8 Å². The van der Waals surface area contributed by atoms with Crippen molar-refractivity contribution >= 4 is 12.4 Å². The molecule has 0 aliphatic heterocycles. The van der Waals surface area contributed by atoms with E-state index < -0.39 is 11.6 Å². The maximum atomic E-state index is 11.7. The monoisotopic (exact) mass is 228 g/mol. The lowest BCUT2D eigenvalue weighted by molar-refractivity contribution is -0.176. The fourth-order valence-electron chi connectivity index (χ4n) is 1.82. The molecule has 0 amide bonds. The van der Waals surface area contributed by atoms with Gasteiger partial charge < -0.3 is 9.47 Å². The highest BCUT2D eigenvalue weighted by Crippen LogP contribution is 2.22. The van der Waals surface area contributed by atoms with Crippen LogP contribution >= 0.6 is 0 Å². The third-order valence-corrected chi connectivity index (χ3v) is 2.91. The largest absolute Gasteiger partial charge is 0.459 e. The van der Waals surface area contributed by atoms with Crippen molar-refractivity contribution in [2.45, 2.75) is 64.1 Å². The molecular weight excluding hydrogens is 208 g/mol. The number of hydrogen-bond acceptors (Lipinski definition) is 4. The summed E-state index contributed by atoms with van der Waals surface area (Å²) in [5.41, 5.74) is -1.17. The molecule has 16 heavy (non-hydrogen) atoms. The molecule has 0 aromatic rings. The van der Waals surface area contributed by atoms with E-state index in [9.17, 15) is 9.59 Å². The van der Waals surface area contributed by atoms with Gasteiger partial charge in [-0.15, -0.1) is 0 Å². The van der Waals surface area contributed by atoms with Crippen molar-refractivity contribution < 1.29 is 19.1 Å². The minimum absolute atomic E-state index is 0.00970. The van der Waals surface area contributed by atoms with Crippen LogP contribution in [0.4, 0.5) is 0 Å². The summed E-state index contributed by atoms with van der Waals surface area (Å²) in [5.74, 6) is -0.452. The lowest BCUT2D eigenvalue weighted by Crippen LogP contribution is -2.38. The first-order valence-corrected chi connectivity index (χ1v) is 5.89. The Morgan fingerprint density at radius 2 is 1.75 bits per heavy atom. The zero-order chi connectivity index (χ0) is 12.0. The summed E-state index contributed by atoms with van der Waals surface area (Å²) in [5, 5.41) is 0. The molecule has 1 fully saturated rings. The standard InChI is InChI=1S/C12H20O4/c1-12(2,15-9-13)11(14)16-10-7-5-3-4-6-8-10/h9-10H,3-8H2,1-2H3. The van der Waals surface area contributed by atoms with Crippen LogP contribution in [0, 0.1) is 0 Å². The second-order valence-electron chi connectivity index (χ2n) is 4.74. The Labute approximate surface area is 96.3 Å². The molecule has 0 atom stereocenters. The molecule has 1 aliphatic carbocycles. The van der Waals surface area contributed by atoms with Gasteiger partial charge >= 0.3 is 5.97 Å². The van der Waals surface area contributed by atoms with Crippen LogP contribution in [0.5, 0.6) is 0 Å². The molecule has 0 radical (unpaired) electrons. The lowest BCUT2D eigenvalue weighted by atomic mass is 10.1. The molecule has 1 rings (SSSR count). The molecule has 1 aliphatic rings. The summed E-state index contributed by atoms with van der Waals surface area (Å²) < 4.78 is 10.1. The van der Waals surface area contributed by atoms with E-state index in [0.29, 0.717) is 0 Å². The van der Waals surface area contributed by atoms with E-state index in [4.69, 9.17) is 9.47 Å². The van der Waals surface area contributed by atoms with Crippen LogP contribution in [0.25, 0.3) is 0 Å². The zero-order valence-electron chi connectivity index (χ0n) is 10.0. The molecule has 0 bridgehead atoms. The molecule has 4 nitrogen and oxygen atoms in total. The quantitative estimate of drug-likeness (QED) is 0.420. The summed E-state index contributed by atoms with van der Waals surface area (Å²) in [6.07, 6.45) is 6.46. The van der Waals surface area contributed by atoms with Gasteiger partial charge in [-0.3, -0.25) is 4.79 Å². The summed E-state index contributed by atoms with van der Waals surface area (Å²) in [6, 6.07) is 0. The van der Waals surface area contributed by atoms with Gasteiger partial charge in [0, 0.05) is 0 Å². The van der Waals surface area contributed by atoms with E-state index in [-0.39, 0.29) is 12.6 Å². The Morgan fingerprint density at radius 3 is 2.25 bits per heavy atom. The lowest BCUT2D eigenvalue weighted by Gasteiger charge is -2.24. The topological polar surface area (TPSA) is 52.6 Å². The molecule has 0 N–H and O–H groups in total. The fraction of sp³-hybridized carbons (Fsp3) is 0.833. The highest BCUT2D eigenvalue weighted by molar-refractivity contribution is 5.79. The predicted molar refractivity (Wildman–Crippen MR) is 58.8 cm³/mol. The Kier molecular flexibility index (Phi) is 4.77. The number of carbonyl (C=O) groups excluding carboxylic acids is 2. The van der Waals surface area contributed by atoms with Crippen molar-refractivity contribution in [2.24, 2.45) is 0 Å². The molecular formula is C12H20O4. The molecule has 0 unspecified atom stereocenters. The number of ether oxygens (including phenoxy) is 2. The highest BCUT2D eigenvalue weighted by atomic mass is 16.6. The first-order valence-electron chi connectivity index (χ1n) is 5.89. The predicted octanol–water partition coefficient (Wildman–Crippen LogP) is 2.20. The fourth-order valence-corrected chi connectivity index (χ4v) is 1.82. The van der Waals surface area contributed by atoms with Crippen molar-refractivity contribution in [3.8, 4) is 0 Å². The van der Waals surface area contributed by atoms with Crippen LogP contribution < -0.4 is 0 Å². The van der Waals surface area contributed by atoms with E-state index in [2.05, 4.69) is 0 Å². The van der Waals surface area contributed by atoms with E-state index in [1.807, 2.05) is 0 Å². The Morgan fingerprint density at radius 1 is 1.19 bits per heavy atom. The van der Waals surface area contributed by atoms with E-state index in [1.165, 1.54) is 12.8 Å². The van der Waals surface area contributed by atoms with E-state index in [1.54, 1.807) is 13.8 Å². The van der Waals surface area contributed by atoms with E-state index >= 15 is 0 Å². The maximum Gasteiger partial charge on any atom is 0.350 e. The van der Waals surface area contributed by atoms with Gasteiger partial charge in [-0.05, 0) is 39.5 Å². The van der Waals surface area contributed by atoms with Crippen molar-refractivity contribution in [1.29, 1.82) is 0 Å². The summed E-state index contributed by atoms with van der Waals surface area (Å²) in [7, 11) is 0. The van der Waals surface area contributed by atoms with Crippen molar-refractivity contribution in [3.05, 3.63) is 0 Å². The number of carbonyl (C=O) groups is 2.